The average molecular weight is 566 g/mol. The molecule has 6 atom stereocenters. The lowest BCUT2D eigenvalue weighted by atomic mass is 9.63. The zero-order valence-corrected chi connectivity index (χ0v) is 24.5. The Morgan fingerprint density at radius 1 is 1.15 bits per heavy atom. The number of hydrogen-bond acceptors (Lipinski definition) is 7. The van der Waals surface area contributed by atoms with Crippen LogP contribution in [0, 0.1) is 35.0 Å². The second-order valence-electron chi connectivity index (χ2n) is 13.0. The SMILES string of the molecule is COc1cc2c(cc1O)C(CCO)C#CC(C(O)CCCC1(C3CNC4CC(=O)CCC4C3)CCCC1)C(=O)CC2. The molecule has 1 heterocycles. The minimum absolute atomic E-state index is 0.0136. The lowest BCUT2D eigenvalue weighted by molar-refractivity contribution is -0.124. The first-order valence-corrected chi connectivity index (χ1v) is 15.8. The minimum atomic E-state index is -0.828. The van der Waals surface area contributed by atoms with E-state index in [9.17, 15) is 24.9 Å². The van der Waals surface area contributed by atoms with Crippen LogP contribution in [0.25, 0.3) is 0 Å². The maximum absolute atomic E-state index is 13.3. The van der Waals surface area contributed by atoms with Gasteiger partial charge in [0, 0.05) is 37.8 Å². The van der Waals surface area contributed by atoms with Crippen molar-refractivity contribution < 1.29 is 29.6 Å². The molecule has 0 aromatic heterocycles. The summed E-state index contributed by atoms with van der Waals surface area (Å²) in [5.74, 6) is 7.11. The van der Waals surface area contributed by atoms with Gasteiger partial charge in [-0.15, -0.1) is 0 Å². The number of aromatic hydroxyl groups is 1. The molecular weight excluding hydrogens is 518 g/mol. The minimum Gasteiger partial charge on any atom is -0.504 e. The van der Waals surface area contributed by atoms with Crippen molar-refractivity contribution >= 4 is 11.6 Å². The molecule has 0 amide bonds. The summed E-state index contributed by atoms with van der Waals surface area (Å²) in [5.41, 5.74) is 1.97. The lowest BCUT2D eigenvalue weighted by Gasteiger charge is -2.47. The van der Waals surface area contributed by atoms with Crippen molar-refractivity contribution in [3.63, 3.8) is 0 Å². The highest BCUT2D eigenvalue weighted by atomic mass is 16.5. The predicted molar refractivity (Wildman–Crippen MR) is 157 cm³/mol. The number of phenolic OH excluding ortho intramolecular Hbond substituents is 1. The van der Waals surface area contributed by atoms with E-state index in [0.717, 1.165) is 43.4 Å². The Balaban J connectivity index is 1.25. The summed E-state index contributed by atoms with van der Waals surface area (Å²) in [6.45, 7) is 0.916. The van der Waals surface area contributed by atoms with Crippen molar-refractivity contribution in [3.05, 3.63) is 23.3 Å². The normalized spacial score (nSPS) is 30.2. The van der Waals surface area contributed by atoms with Crippen molar-refractivity contribution in [3.8, 4) is 23.3 Å². The number of ketones is 2. The number of carbonyl (C=O) groups excluding carboxylic acids is 2. The number of ether oxygens (including phenoxy) is 1. The third-order valence-electron chi connectivity index (χ3n) is 10.7. The largest absolute Gasteiger partial charge is 0.504 e. The van der Waals surface area contributed by atoms with Gasteiger partial charge in [0.15, 0.2) is 17.3 Å². The Labute approximate surface area is 244 Å². The predicted octanol–water partition coefficient (Wildman–Crippen LogP) is 4.44. The van der Waals surface area contributed by atoms with Crippen molar-refractivity contribution in [1.29, 1.82) is 0 Å². The molecule has 1 saturated heterocycles. The molecule has 1 aromatic rings. The Morgan fingerprint density at radius 2 is 1.95 bits per heavy atom. The third-order valence-corrected chi connectivity index (χ3v) is 10.7. The standard InChI is InChI=1S/C34H47NO6/c1-41-33-18-23-8-11-31(39)27(10-7-22(12-16-36)28(23)20-32(33)40)30(38)5-4-15-34(13-2-3-14-34)25-17-24-6-9-26(37)19-29(24)35-21-25/h18,20,22,24-25,27,29-30,35-36,38,40H,2-6,8-9,11-17,19,21H2,1H3. The highest BCUT2D eigenvalue weighted by Crippen LogP contribution is 2.52. The van der Waals surface area contributed by atoms with Crippen LogP contribution in [0.15, 0.2) is 12.1 Å². The van der Waals surface area contributed by atoms with Gasteiger partial charge in [0.05, 0.1) is 13.2 Å². The second kappa shape index (κ2) is 13.3. The van der Waals surface area contributed by atoms with Gasteiger partial charge in [0.25, 0.3) is 0 Å². The summed E-state index contributed by atoms with van der Waals surface area (Å²) >= 11 is 0. The molecule has 5 rings (SSSR count). The molecule has 7 heteroatoms. The molecule has 0 bridgehead atoms. The zero-order chi connectivity index (χ0) is 29.0. The topological polar surface area (TPSA) is 116 Å². The van der Waals surface area contributed by atoms with Gasteiger partial charge in [0.2, 0.25) is 0 Å². The Kier molecular flexibility index (Phi) is 9.74. The number of carbonyl (C=O) groups is 2. The summed E-state index contributed by atoms with van der Waals surface area (Å²) in [6, 6.07) is 3.75. The van der Waals surface area contributed by atoms with Crippen LogP contribution in [0.1, 0.15) is 101 Å². The molecule has 0 spiro atoms. The number of Topliss-reactive ketones (excluding diaryl/α,β-unsaturated/α-hetero) is 2. The van der Waals surface area contributed by atoms with E-state index in [0.29, 0.717) is 55.1 Å². The van der Waals surface area contributed by atoms with Gasteiger partial charge in [-0.2, -0.15) is 0 Å². The van der Waals surface area contributed by atoms with E-state index in [1.54, 1.807) is 12.1 Å². The van der Waals surface area contributed by atoms with Crippen molar-refractivity contribution in [2.75, 3.05) is 20.3 Å². The number of nitrogens with one attached hydrogen (secondary N) is 1. The molecular formula is C34H47NO6. The first-order chi connectivity index (χ1) is 19.8. The van der Waals surface area contributed by atoms with Gasteiger partial charge in [0.1, 0.15) is 11.7 Å². The van der Waals surface area contributed by atoms with Crippen LogP contribution in [0.3, 0.4) is 0 Å². The molecule has 0 radical (unpaired) electrons. The number of aliphatic hydroxyl groups is 2. The van der Waals surface area contributed by atoms with Gasteiger partial charge < -0.3 is 25.4 Å². The van der Waals surface area contributed by atoms with Crippen molar-refractivity contribution in [2.45, 2.75) is 108 Å². The number of rotatable bonds is 9. The Hall–Kier alpha value is -2.40. The van der Waals surface area contributed by atoms with Gasteiger partial charge in [-0.1, -0.05) is 31.1 Å². The molecule has 1 aliphatic heterocycles. The molecule has 4 N–H and O–H groups in total. The maximum atomic E-state index is 13.3. The molecule has 2 saturated carbocycles. The third kappa shape index (κ3) is 6.66. The number of aryl methyl sites for hydroxylation is 1. The van der Waals surface area contributed by atoms with Crippen LogP contribution in [0.5, 0.6) is 11.5 Å². The van der Waals surface area contributed by atoms with Crippen LogP contribution in [0.4, 0.5) is 0 Å². The first-order valence-electron chi connectivity index (χ1n) is 15.8. The summed E-state index contributed by atoms with van der Waals surface area (Å²) in [7, 11) is 1.49. The number of aliphatic hydroxyl groups excluding tert-OH is 2. The Bertz CT molecular complexity index is 1160. The number of fused-ring (bicyclic) bond motifs is 2. The van der Waals surface area contributed by atoms with Crippen LogP contribution in [0.2, 0.25) is 0 Å². The molecule has 224 valence electrons. The van der Waals surface area contributed by atoms with Crippen LogP contribution in [-0.2, 0) is 16.0 Å². The fourth-order valence-electron chi connectivity index (χ4n) is 8.32. The molecule has 4 aliphatic rings. The molecule has 6 unspecified atom stereocenters. The smallest absolute Gasteiger partial charge is 0.160 e. The number of hydrogen-bond donors (Lipinski definition) is 4. The number of benzene rings is 1. The summed E-state index contributed by atoms with van der Waals surface area (Å²) in [6.07, 6.45) is 11.3. The van der Waals surface area contributed by atoms with E-state index in [2.05, 4.69) is 17.2 Å². The van der Waals surface area contributed by atoms with Crippen LogP contribution >= 0.6 is 0 Å². The van der Waals surface area contributed by atoms with Crippen molar-refractivity contribution in [1.82, 2.24) is 5.32 Å². The maximum Gasteiger partial charge on any atom is 0.160 e. The molecule has 1 aromatic carbocycles. The second-order valence-corrected chi connectivity index (χ2v) is 13.0. The number of methoxy groups -OCH3 is 1. The quantitative estimate of drug-likeness (QED) is 0.327. The van der Waals surface area contributed by atoms with Crippen molar-refractivity contribution in [2.24, 2.45) is 23.2 Å². The lowest BCUT2D eigenvalue weighted by Crippen LogP contribution is -2.52. The van der Waals surface area contributed by atoms with E-state index in [1.165, 1.54) is 39.2 Å². The fourth-order valence-corrected chi connectivity index (χ4v) is 8.32. The highest BCUT2D eigenvalue weighted by molar-refractivity contribution is 5.85. The molecule has 3 aliphatic carbocycles. The zero-order valence-electron chi connectivity index (χ0n) is 24.5. The van der Waals surface area contributed by atoms with Crippen LogP contribution in [-0.4, -0.2) is 59.3 Å². The Morgan fingerprint density at radius 3 is 2.71 bits per heavy atom. The van der Waals surface area contributed by atoms with E-state index in [4.69, 9.17) is 4.74 Å². The van der Waals surface area contributed by atoms with E-state index in [-0.39, 0.29) is 35.9 Å². The van der Waals surface area contributed by atoms with Gasteiger partial charge in [-0.05, 0) is 98.4 Å². The molecule has 41 heavy (non-hydrogen) atoms. The van der Waals surface area contributed by atoms with Gasteiger partial charge >= 0.3 is 0 Å². The molecule has 7 nitrogen and oxygen atoms in total. The summed E-state index contributed by atoms with van der Waals surface area (Å²) in [4.78, 5) is 25.3. The monoisotopic (exact) mass is 565 g/mol. The number of piperidine rings is 1. The molecule has 3 fully saturated rings. The van der Waals surface area contributed by atoms with E-state index < -0.39 is 12.0 Å². The highest BCUT2D eigenvalue weighted by Gasteiger charge is 2.45. The van der Waals surface area contributed by atoms with Gasteiger partial charge in [-0.25, -0.2) is 0 Å². The van der Waals surface area contributed by atoms with Gasteiger partial charge in [-0.3, -0.25) is 9.59 Å². The van der Waals surface area contributed by atoms with Crippen LogP contribution < -0.4 is 10.1 Å². The summed E-state index contributed by atoms with van der Waals surface area (Å²) in [5, 5.41) is 35.1. The van der Waals surface area contributed by atoms with E-state index >= 15 is 0 Å². The number of phenols is 1. The van der Waals surface area contributed by atoms with E-state index in [1.807, 2.05) is 0 Å². The summed E-state index contributed by atoms with van der Waals surface area (Å²) < 4.78 is 5.29. The first kappa shape index (κ1) is 30.1. The fraction of sp³-hybridized carbons (Fsp3) is 0.706. The average Bonchev–Trinajstić information content (AvgIpc) is 3.46.